The second-order valence-electron chi connectivity index (χ2n) is 2.43. The molecule has 5 nitrogen and oxygen atoms in total. The van der Waals surface area contributed by atoms with Crippen LogP contribution in [0.5, 0.6) is 0 Å². The summed E-state index contributed by atoms with van der Waals surface area (Å²) < 4.78 is 0. The van der Waals surface area contributed by atoms with E-state index in [0.29, 0.717) is 5.96 Å². The maximum Gasteiger partial charge on any atom is 0.380 e. The van der Waals surface area contributed by atoms with Gasteiger partial charge in [-0.2, -0.15) is 10.1 Å². The Morgan fingerprint density at radius 2 is 1.80 bits per heavy atom. The second-order valence-corrected chi connectivity index (χ2v) is 2.43. The van der Waals surface area contributed by atoms with Crippen molar-refractivity contribution < 1.29 is 5.10 Å². The second kappa shape index (κ2) is 3.94. The van der Waals surface area contributed by atoms with Crippen LogP contribution in [0, 0.1) is 0 Å². The quantitative estimate of drug-likeness (QED) is 0.220. The summed E-state index contributed by atoms with van der Waals surface area (Å²) in [7, 11) is 7.46. The monoisotopic (exact) mass is 146 g/mol. The number of hydrazine groups is 2. The van der Waals surface area contributed by atoms with Crippen molar-refractivity contribution in [1.29, 1.82) is 0 Å². The highest BCUT2D eigenvalue weighted by atomic mass is 15.6. The molecule has 5 heteroatoms. The lowest BCUT2D eigenvalue weighted by molar-refractivity contribution is -0.633. The van der Waals surface area contributed by atoms with E-state index in [1.165, 1.54) is 0 Å². The highest BCUT2D eigenvalue weighted by molar-refractivity contribution is 5.70. The van der Waals surface area contributed by atoms with Crippen LogP contribution in [0.2, 0.25) is 0 Å². The van der Waals surface area contributed by atoms with E-state index in [4.69, 9.17) is 5.73 Å². The molecule has 0 saturated heterocycles. The molecule has 0 spiro atoms. The molecule has 0 unspecified atom stereocenters. The van der Waals surface area contributed by atoms with Gasteiger partial charge in [-0.1, -0.05) is 0 Å². The van der Waals surface area contributed by atoms with Gasteiger partial charge in [-0.3, -0.25) is 10.7 Å². The van der Waals surface area contributed by atoms with Crippen LogP contribution in [0.15, 0.2) is 0 Å². The highest BCUT2D eigenvalue weighted by Gasteiger charge is 1.98. The standard InChI is InChI=1S/C5H15N5/c1-9(2)7-5(6)8-10(3)4/h1-4H3,(H3,6,7,8)/p+1. The van der Waals surface area contributed by atoms with Crippen LogP contribution in [0.25, 0.3) is 0 Å². The van der Waals surface area contributed by atoms with Gasteiger partial charge in [0, 0.05) is 28.2 Å². The van der Waals surface area contributed by atoms with Gasteiger partial charge in [0.25, 0.3) is 0 Å². The third-order valence-electron chi connectivity index (χ3n) is 0.688. The minimum absolute atomic E-state index is 0.509. The topological polar surface area (TPSA) is 58.5 Å². The average molecular weight is 146 g/mol. The minimum atomic E-state index is 0.509. The predicted octanol–water partition coefficient (Wildman–Crippen LogP) is -3.08. The maximum absolute atomic E-state index is 5.49. The first kappa shape index (κ1) is 9.03. The molecule has 0 saturated carbocycles. The molecule has 0 aliphatic carbocycles. The van der Waals surface area contributed by atoms with E-state index in [9.17, 15) is 0 Å². The van der Waals surface area contributed by atoms with Crippen LogP contribution < -0.4 is 16.3 Å². The van der Waals surface area contributed by atoms with Crippen LogP contribution in [-0.4, -0.2) is 44.2 Å². The molecule has 0 aromatic heterocycles. The number of hydrazone groups is 1. The van der Waals surface area contributed by atoms with E-state index in [1.54, 1.807) is 10.0 Å². The van der Waals surface area contributed by atoms with Gasteiger partial charge in [-0.05, 0) is 0 Å². The van der Waals surface area contributed by atoms with Crippen molar-refractivity contribution in [3.05, 3.63) is 0 Å². The summed E-state index contributed by atoms with van der Waals surface area (Å²) in [5.41, 5.74) is 8.34. The van der Waals surface area contributed by atoms with Gasteiger partial charge >= 0.3 is 5.96 Å². The zero-order valence-corrected chi connectivity index (χ0v) is 6.97. The van der Waals surface area contributed by atoms with Gasteiger partial charge in [-0.15, -0.1) is 0 Å². The fourth-order valence-electron chi connectivity index (χ4n) is 0.507. The van der Waals surface area contributed by atoms with E-state index in [2.05, 4.69) is 10.5 Å². The molecule has 0 amide bonds. The zero-order valence-electron chi connectivity index (χ0n) is 6.97. The third kappa shape index (κ3) is 5.17. The van der Waals surface area contributed by atoms with Crippen molar-refractivity contribution >= 4 is 5.96 Å². The Morgan fingerprint density at radius 1 is 1.30 bits per heavy atom. The number of hydrogen-bond acceptors (Lipinski definition) is 2. The Hall–Kier alpha value is -0.970. The molecular formula is C5H16N5+. The number of rotatable bonds is 2. The zero-order chi connectivity index (χ0) is 8.15. The summed E-state index contributed by atoms with van der Waals surface area (Å²) in [6, 6.07) is 0. The van der Waals surface area contributed by atoms with Gasteiger partial charge in [0.05, 0.1) is 0 Å². The third-order valence-corrected chi connectivity index (χ3v) is 0.688. The Morgan fingerprint density at radius 3 is 2.10 bits per heavy atom. The molecule has 0 heterocycles. The van der Waals surface area contributed by atoms with E-state index in [1.807, 2.05) is 28.2 Å². The van der Waals surface area contributed by atoms with Crippen molar-refractivity contribution in [3.8, 4) is 0 Å². The number of guanidine groups is 1. The lowest BCUT2D eigenvalue weighted by atomic mass is 11.0. The van der Waals surface area contributed by atoms with Crippen LogP contribution >= 0.6 is 0 Å². The summed E-state index contributed by atoms with van der Waals surface area (Å²) in [5.74, 6) is 0.509. The van der Waals surface area contributed by atoms with Crippen LogP contribution in [0.4, 0.5) is 0 Å². The van der Waals surface area contributed by atoms with Crippen LogP contribution in [0.3, 0.4) is 0 Å². The van der Waals surface area contributed by atoms with Gasteiger partial charge in [0.15, 0.2) is 0 Å². The molecule has 0 aromatic rings. The fraction of sp³-hybridized carbons (Fsp3) is 0.800. The molecule has 0 aliphatic rings. The van der Waals surface area contributed by atoms with Gasteiger partial charge in [0.2, 0.25) is 0 Å². The molecule has 0 fully saturated rings. The summed E-state index contributed by atoms with van der Waals surface area (Å²) in [4.78, 5) is 0. The molecule has 0 aromatic carbocycles. The SMILES string of the molecule is CN(C)N/C(N)=[NH+]\N(C)C. The lowest BCUT2D eigenvalue weighted by Gasteiger charge is -2.08. The fourth-order valence-corrected chi connectivity index (χ4v) is 0.507. The first-order valence-corrected chi connectivity index (χ1v) is 3.02. The first-order valence-electron chi connectivity index (χ1n) is 3.02. The molecule has 60 valence electrons. The Balaban J connectivity index is 3.71. The summed E-state index contributed by atoms with van der Waals surface area (Å²) in [6.07, 6.45) is 0. The van der Waals surface area contributed by atoms with E-state index in [0.717, 1.165) is 0 Å². The maximum atomic E-state index is 5.49. The van der Waals surface area contributed by atoms with Gasteiger partial charge < -0.3 is 0 Å². The number of hydrogen-bond donors (Lipinski definition) is 3. The Labute approximate surface area is 61.4 Å². The molecule has 0 rings (SSSR count). The van der Waals surface area contributed by atoms with Gasteiger partial charge in [-0.25, -0.2) is 5.43 Å². The molecular weight excluding hydrogens is 130 g/mol. The van der Waals surface area contributed by atoms with Crippen molar-refractivity contribution in [2.45, 2.75) is 0 Å². The molecule has 10 heavy (non-hydrogen) atoms. The van der Waals surface area contributed by atoms with Gasteiger partial charge in [0.1, 0.15) is 0 Å². The summed E-state index contributed by atoms with van der Waals surface area (Å²) in [6.45, 7) is 0. The Kier molecular flexibility index (Phi) is 3.56. The van der Waals surface area contributed by atoms with Crippen LogP contribution in [0.1, 0.15) is 0 Å². The largest absolute Gasteiger partial charge is 0.380 e. The average Bonchev–Trinajstić information content (AvgIpc) is 1.58. The van der Waals surface area contributed by atoms with Crippen molar-refractivity contribution in [2.24, 2.45) is 5.73 Å². The van der Waals surface area contributed by atoms with E-state index >= 15 is 0 Å². The van der Waals surface area contributed by atoms with Crippen LogP contribution in [-0.2, 0) is 0 Å². The Bertz CT molecular complexity index is 117. The summed E-state index contributed by atoms with van der Waals surface area (Å²) in [5, 5.41) is 6.36. The lowest BCUT2D eigenvalue weighted by Crippen LogP contribution is -2.86. The molecule has 0 aliphatic heterocycles. The number of nitrogens with two attached hydrogens (primary N) is 1. The molecule has 0 radical (unpaired) electrons. The molecule has 0 bridgehead atoms. The van der Waals surface area contributed by atoms with Crippen molar-refractivity contribution in [2.75, 3.05) is 28.2 Å². The van der Waals surface area contributed by atoms with E-state index < -0.39 is 0 Å². The smallest absolute Gasteiger partial charge is 0.288 e. The molecule has 0 atom stereocenters. The van der Waals surface area contributed by atoms with Crippen molar-refractivity contribution in [3.63, 3.8) is 0 Å². The van der Waals surface area contributed by atoms with E-state index in [-0.39, 0.29) is 0 Å². The molecule has 4 N–H and O–H groups in total. The number of nitrogens with one attached hydrogen (secondary N) is 2. The normalized spacial score (nSPS) is 11.9. The number of nitrogens with zero attached hydrogens (tertiary/aromatic N) is 2. The summed E-state index contributed by atoms with van der Waals surface area (Å²) >= 11 is 0. The highest BCUT2D eigenvalue weighted by Crippen LogP contribution is 1.54. The predicted molar refractivity (Wildman–Crippen MR) is 40.7 cm³/mol. The minimum Gasteiger partial charge on any atom is -0.288 e. The van der Waals surface area contributed by atoms with Crippen molar-refractivity contribution in [1.82, 2.24) is 15.4 Å². The first-order chi connectivity index (χ1) is 4.52.